The van der Waals surface area contributed by atoms with E-state index in [4.69, 9.17) is 4.65 Å². The van der Waals surface area contributed by atoms with Crippen molar-refractivity contribution in [2.75, 3.05) is 0 Å². The second-order valence-corrected chi connectivity index (χ2v) is 10.6. The Balaban J connectivity index is 1.47. The maximum absolute atomic E-state index is 13.7. The summed E-state index contributed by atoms with van der Waals surface area (Å²) in [6.45, 7) is 4.23. The van der Waals surface area contributed by atoms with Crippen LogP contribution in [0.15, 0.2) is 65.3 Å². The van der Waals surface area contributed by atoms with Crippen LogP contribution >= 0.6 is 0 Å². The lowest BCUT2D eigenvalue weighted by molar-refractivity contribution is 0.0598. The molecule has 37 heavy (non-hydrogen) atoms. The standard InChI is InChI=1S/C31H35BO5/c1-3-9-21-17-24-29(31(35)23-12-7-6-11-22(23)30(24)34)25-18-32(36)37-27(28(21)25)15-14-19(4-2)16-20-10-5-8-13-26(20)33/h5-8,10-13,16,24-25,27,29,33,36H,3-4,9,14-15,17-18H2,1-2H3/b19-16+/t24-,25+,27-,29-/m1/s1. The summed E-state index contributed by atoms with van der Waals surface area (Å²) < 4.78 is 6.14. The number of fused-ring (bicyclic) bond motifs is 4. The van der Waals surface area contributed by atoms with Crippen molar-refractivity contribution in [2.24, 2.45) is 17.8 Å². The maximum Gasteiger partial charge on any atom is 0.455 e. The Labute approximate surface area is 219 Å². The summed E-state index contributed by atoms with van der Waals surface area (Å²) in [4.78, 5) is 27.3. The number of phenolic OH excluding ortho intramolecular Hbond substituents is 1. The molecule has 0 unspecified atom stereocenters. The molecule has 1 saturated heterocycles. The Morgan fingerprint density at radius 1 is 1.03 bits per heavy atom. The first-order valence-electron chi connectivity index (χ1n) is 13.6. The van der Waals surface area contributed by atoms with E-state index in [-0.39, 0.29) is 35.3 Å². The molecule has 0 radical (unpaired) electrons. The Bertz CT molecular complexity index is 1260. The van der Waals surface area contributed by atoms with Gasteiger partial charge in [-0.05, 0) is 56.0 Å². The molecule has 5 nitrogen and oxygen atoms in total. The second-order valence-electron chi connectivity index (χ2n) is 10.6. The van der Waals surface area contributed by atoms with Crippen LogP contribution in [0, 0.1) is 17.8 Å². The quantitative estimate of drug-likeness (QED) is 0.347. The molecule has 2 aromatic carbocycles. The number of ketones is 2. The van der Waals surface area contributed by atoms with Crippen LogP contribution in [0.25, 0.3) is 6.08 Å². The minimum atomic E-state index is -0.965. The highest BCUT2D eigenvalue weighted by Gasteiger charge is 2.53. The van der Waals surface area contributed by atoms with Crippen molar-refractivity contribution >= 4 is 24.8 Å². The average molecular weight is 498 g/mol. The molecule has 4 atom stereocenters. The third kappa shape index (κ3) is 4.85. The first-order valence-corrected chi connectivity index (χ1v) is 13.6. The van der Waals surface area contributed by atoms with Gasteiger partial charge in [0.25, 0.3) is 0 Å². The van der Waals surface area contributed by atoms with E-state index in [1.165, 1.54) is 11.1 Å². The van der Waals surface area contributed by atoms with Crippen molar-refractivity contribution in [2.45, 2.75) is 64.8 Å². The molecule has 2 aliphatic carbocycles. The van der Waals surface area contributed by atoms with Crippen molar-refractivity contribution in [3.05, 3.63) is 81.9 Å². The molecule has 1 fully saturated rings. The number of aromatic hydroxyl groups is 1. The third-order valence-electron chi connectivity index (χ3n) is 8.39. The summed E-state index contributed by atoms with van der Waals surface area (Å²) in [6, 6.07) is 14.5. The van der Waals surface area contributed by atoms with Gasteiger partial charge in [-0.3, -0.25) is 9.59 Å². The van der Waals surface area contributed by atoms with Gasteiger partial charge in [0.15, 0.2) is 11.6 Å². The van der Waals surface area contributed by atoms with Gasteiger partial charge in [-0.1, -0.05) is 80.0 Å². The predicted molar refractivity (Wildman–Crippen MR) is 145 cm³/mol. The largest absolute Gasteiger partial charge is 0.507 e. The highest BCUT2D eigenvalue weighted by atomic mass is 16.5. The number of carbonyl (C=O) groups excluding carboxylic acids is 2. The molecular weight excluding hydrogens is 463 g/mol. The van der Waals surface area contributed by atoms with Gasteiger partial charge in [-0.15, -0.1) is 0 Å². The number of hydrogen-bond acceptors (Lipinski definition) is 5. The number of benzene rings is 2. The minimum Gasteiger partial charge on any atom is -0.507 e. The summed E-state index contributed by atoms with van der Waals surface area (Å²) in [5, 5.41) is 21.0. The Hall–Kier alpha value is -2.96. The number of carbonyl (C=O) groups is 2. The number of hydrogen-bond donors (Lipinski definition) is 2. The highest BCUT2D eigenvalue weighted by Crippen LogP contribution is 2.51. The van der Waals surface area contributed by atoms with E-state index < -0.39 is 13.0 Å². The minimum absolute atomic E-state index is 0.0276. The van der Waals surface area contributed by atoms with E-state index in [0.29, 0.717) is 30.3 Å². The zero-order valence-electron chi connectivity index (χ0n) is 21.7. The van der Waals surface area contributed by atoms with Crippen molar-refractivity contribution < 1.29 is 24.4 Å². The number of rotatable bonds is 7. The third-order valence-corrected chi connectivity index (χ3v) is 8.39. The molecule has 0 aromatic heterocycles. The molecule has 0 spiro atoms. The Kier molecular flexibility index (Phi) is 7.50. The van der Waals surface area contributed by atoms with Crippen molar-refractivity contribution in [1.29, 1.82) is 0 Å². The lowest BCUT2D eigenvalue weighted by atomic mass is 9.54. The molecule has 0 bridgehead atoms. The molecular formula is C31H35BO5. The Morgan fingerprint density at radius 2 is 1.73 bits per heavy atom. The first kappa shape index (κ1) is 25.7. The molecule has 2 aromatic rings. The van der Waals surface area contributed by atoms with Crippen molar-refractivity contribution in [1.82, 2.24) is 0 Å². The summed E-state index contributed by atoms with van der Waals surface area (Å²) in [6.07, 6.45) is 6.75. The number of phenols is 1. The van der Waals surface area contributed by atoms with Crippen LogP contribution < -0.4 is 0 Å². The molecule has 6 heteroatoms. The molecule has 2 N–H and O–H groups in total. The van der Waals surface area contributed by atoms with Gasteiger partial charge in [0.1, 0.15) is 5.75 Å². The fourth-order valence-corrected chi connectivity index (χ4v) is 6.70. The zero-order valence-corrected chi connectivity index (χ0v) is 21.7. The van der Waals surface area contributed by atoms with Crippen LogP contribution in [-0.4, -0.2) is 34.9 Å². The smallest absolute Gasteiger partial charge is 0.455 e. The monoisotopic (exact) mass is 498 g/mol. The SMILES string of the molecule is CCCC1=C2[C@@H](CC/C(=C/c3ccccc3O)CC)OB(O)C[C@@H]2[C@@H]2C(=O)c3ccccc3C(=O)[C@@H]2C1. The van der Waals surface area contributed by atoms with E-state index in [0.717, 1.165) is 36.8 Å². The summed E-state index contributed by atoms with van der Waals surface area (Å²) in [5.74, 6) is -0.655. The van der Waals surface area contributed by atoms with Gasteiger partial charge in [0, 0.05) is 28.5 Å². The predicted octanol–water partition coefficient (Wildman–Crippen LogP) is 6.27. The lowest BCUT2D eigenvalue weighted by Gasteiger charge is -2.47. The lowest BCUT2D eigenvalue weighted by Crippen LogP contribution is -2.50. The second kappa shape index (κ2) is 10.8. The van der Waals surface area contributed by atoms with E-state index in [2.05, 4.69) is 13.8 Å². The van der Waals surface area contributed by atoms with Gasteiger partial charge in [-0.25, -0.2) is 0 Å². The number of allylic oxidation sites excluding steroid dienone is 2. The van der Waals surface area contributed by atoms with Crippen LogP contribution in [0.3, 0.4) is 0 Å². The molecule has 0 amide bonds. The van der Waals surface area contributed by atoms with Crippen LogP contribution in [0.2, 0.25) is 6.32 Å². The van der Waals surface area contributed by atoms with Crippen molar-refractivity contribution in [3.8, 4) is 5.75 Å². The van der Waals surface area contributed by atoms with Gasteiger partial charge in [-0.2, -0.15) is 0 Å². The van der Waals surface area contributed by atoms with E-state index >= 15 is 0 Å². The number of Topliss-reactive ketones (excluding diaryl/α,β-unsaturated/α-hetero) is 2. The first-order chi connectivity index (χ1) is 17.9. The van der Waals surface area contributed by atoms with Crippen LogP contribution in [0.1, 0.15) is 78.7 Å². The van der Waals surface area contributed by atoms with E-state index in [1.807, 2.05) is 36.4 Å². The summed E-state index contributed by atoms with van der Waals surface area (Å²) in [5.41, 5.74) is 5.41. The van der Waals surface area contributed by atoms with Crippen LogP contribution in [0.4, 0.5) is 0 Å². The Morgan fingerprint density at radius 3 is 2.43 bits per heavy atom. The molecule has 192 valence electrons. The van der Waals surface area contributed by atoms with Crippen LogP contribution in [0.5, 0.6) is 5.75 Å². The maximum atomic E-state index is 13.7. The summed E-state index contributed by atoms with van der Waals surface area (Å²) in [7, 11) is -0.965. The molecule has 1 aliphatic heterocycles. The van der Waals surface area contributed by atoms with Crippen molar-refractivity contribution in [3.63, 3.8) is 0 Å². The summed E-state index contributed by atoms with van der Waals surface area (Å²) >= 11 is 0. The molecule has 5 rings (SSSR count). The van der Waals surface area contributed by atoms with Crippen LogP contribution in [-0.2, 0) is 4.65 Å². The normalized spacial score (nSPS) is 25.6. The van der Waals surface area contributed by atoms with Gasteiger partial charge < -0.3 is 14.8 Å². The van der Waals surface area contributed by atoms with Gasteiger partial charge in [0.2, 0.25) is 0 Å². The topological polar surface area (TPSA) is 83.8 Å². The highest BCUT2D eigenvalue weighted by molar-refractivity contribution is 6.43. The fraction of sp³-hybridized carbons (Fsp3) is 0.419. The molecule has 0 saturated carbocycles. The molecule has 1 heterocycles. The van der Waals surface area contributed by atoms with E-state index in [9.17, 15) is 19.7 Å². The number of para-hydroxylation sites is 1. The van der Waals surface area contributed by atoms with Gasteiger partial charge in [0.05, 0.1) is 6.10 Å². The van der Waals surface area contributed by atoms with E-state index in [1.54, 1.807) is 18.2 Å². The fourth-order valence-electron chi connectivity index (χ4n) is 6.70. The van der Waals surface area contributed by atoms with Gasteiger partial charge >= 0.3 is 7.12 Å². The zero-order chi connectivity index (χ0) is 26.1. The average Bonchev–Trinajstić information content (AvgIpc) is 2.90. The molecule has 3 aliphatic rings.